The zero-order valence-electron chi connectivity index (χ0n) is 13.1. The van der Waals surface area contributed by atoms with E-state index in [1.807, 2.05) is 18.5 Å². The lowest BCUT2D eigenvalue weighted by Crippen LogP contribution is -2.45. The van der Waals surface area contributed by atoms with Gasteiger partial charge in [0, 0.05) is 44.6 Å². The van der Waals surface area contributed by atoms with Gasteiger partial charge in [-0.15, -0.1) is 0 Å². The fourth-order valence-electron chi connectivity index (χ4n) is 3.27. The summed E-state index contributed by atoms with van der Waals surface area (Å²) in [5, 5.41) is 3.49. The Morgan fingerprint density at radius 3 is 2.78 bits per heavy atom. The van der Waals surface area contributed by atoms with Crippen LogP contribution in [0.2, 0.25) is 0 Å². The Kier molecular flexibility index (Phi) is 4.13. The predicted octanol–water partition coefficient (Wildman–Crippen LogP) is 2.00. The number of ether oxygens (including phenoxy) is 2. The summed E-state index contributed by atoms with van der Waals surface area (Å²) in [6.45, 7) is 5.19. The van der Waals surface area contributed by atoms with Gasteiger partial charge in [-0.25, -0.2) is 0 Å². The Bertz CT molecular complexity index is 663. The first-order valence-corrected chi connectivity index (χ1v) is 8.13. The molecule has 1 aromatic carbocycles. The lowest BCUT2D eigenvalue weighted by Gasteiger charge is -2.36. The van der Waals surface area contributed by atoms with Crippen LogP contribution in [0.4, 0.5) is 0 Å². The highest BCUT2D eigenvalue weighted by Crippen LogP contribution is 2.32. The van der Waals surface area contributed by atoms with Gasteiger partial charge in [0.2, 0.25) is 0 Å². The molecule has 0 bridgehead atoms. The minimum atomic E-state index is 0.375. The molecule has 0 aliphatic carbocycles. The van der Waals surface area contributed by atoms with Crippen molar-refractivity contribution in [1.82, 2.24) is 15.2 Å². The van der Waals surface area contributed by atoms with Crippen molar-refractivity contribution < 1.29 is 9.47 Å². The van der Waals surface area contributed by atoms with Crippen LogP contribution in [0.25, 0.3) is 0 Å². The number of rotatable bonds is 3. The van der Waals surface area contributed by atoms with Gasteiger partial charge in [0.25, 0.3) is 0 Å². The zero-order chi connectivity index (χ0) is 15.5. The summed E-state index contributed by atoms with van der Waals surface area (Å²) in [5.41, 5.74) is 2.57. The molecule has 2 aliphatic rings. The van der Waals surface area contributed by atoms with Crippen molar-refractivity contribution in [2.45, 2.75) is 12.6 Å². The van der Waals surface area contributed by atoms with Crippen LogP contribution in [0.5, 0.6) is 11.5 Å². The van der Waals surface area contributed by atoms with Crippen LogP contribution >= 0.6 is 0 Å². The predicted molar refractivity (Wildman–Crippen MR) is 87.7 cm³/mol. The van der Waals surface area contributed by atoms with Gasteiger partial charge in [-0.3, -0.25) is 9.88 Å². The molecule has 1 N–H and O–H groups in total. The molecular formula is C18H21N3O2. The maximum absolute atomic E-state index is 5.70. The zero-order valence-corrected chi connectivity index (χ0v) is 13.1. The molecule has 1 atom stereocenters. The first-order chi connectivity index (χ1) is 11.4. The van der Waals surface area contributed by atoms with E-state index < -0.39 is 0 Å². The minimum Gasteiger partial charge on any atom is -0.486 e. The summed E-state index contributed by atoms with van der Waals surface area (Å²) in [6, 6.07) is 10.9. The van der Waals surface area contributed by atoms with E-state index in [1.165, 1.54) is 11.1 Å². The fourth-order valence-corrected chi connectivity index (χ4v) is 3.27. The van der Waals surface area contributed by atoms with E-state index in [9.17, 15) is 0 Å². The van der Waals surface area contributed by atoms with Crippen LogP contribution in [0.1, 0.15) is 17.2 Å². The highest BCUT2D eigenvalue weighted by molar-refractivity contribution is 5.43. The number of pyridine rings is 1. The summed E-state index contributed by atoms with van der Waals surface area (Å²) in [7, 11) is 0. The third-order valence-corrected chi connectivity index (χ3v) is 4.44. The molecule has 3 heterocycles. The molecule has 5 nitrogen and oxygen atoms in total. The minimum absolute atomic E-state index is 0.375. The SMILES string of the molecule is c1cc(C2CNCCN2Cc2ccc3c(c2)OCCO3)ccn1. The van der Waals surface area contributed by atoms with Crippen molar-refractivity contribution in [2.24, 2.45) is 0 Å². The van der Waals surface area contributed by atoms with Gasteiger partial charge >= 0.3 is 0 Å². The molecule has 5 heteroatoms. The second kappa shape index (κ2) is 6.56. The van der Waals surface area contributed by atoms with Gasteiger partial charge in [0.1, 0.15) is 13.2 Å². The number of aromatic nitrogens is 1. The van der Waals surface area contributed by atoms with E-state index in [2.05, 4.69) is 39.5 Å². The van der Waals surface area contributed by atoms with Gasteiger partial charge < -0.3 is 14.8 Å². The molecule has 23 heavy (non-hydrogen) atoms. The molecule has 0 spiro atoms. The molecule has 2 aliphatic heterocycles. The quantitative estimate of drug-likeness (QED) is 0.939. The summed E-state index contributed by atoms with van der Waals surface area (Å²) in [4.78, 5) is 6.64. The van der Waals surface area contributed by atoms with E-state index in [4.69, 9.17) is 9.47 Å². The van der Waals surface area contributed by atoms with Gasteiger partial charge in [0.15, 0.2) is 11.5 Å². The van der Waals surface area contributed by atoms with E-state index in [0.717, 1.165) is 37.7 Å². The molecule has 1 aromatic heterocycles. The number of benzene rings is 1. The van der Waals surface area contributed by atoms with Gasteiger partial charge in [-0.1, -0.05) is 6.07 Å². The molecule has 120 valence electrons. The van der Waals surface area contributed by atoms with Crippen LogP contribution < -0.4 is 14.8 Å². The average molecular weight is 311 g/mol. The van der Waals surface area contributed by atoms with Crippen LogP contribution in [-0.4, -0.2) is 42.7 Å². The largest absolute Gasteiger partial charge is 0.486 e. The van der Waals surface area contributed by atoms with Crippen LogP contribution in [0.15, 0.2) is 42.7 Å². The smallest absolute Gasteiger partial charge is 0.161 e. The molecule has 1 unspecified atom stereocenters. The Hall–Kier alpha value is -2.11. The molecule has 0 saturated carbocycles. The summed E-state index contributed by atoms with van der Waals surface area (Å²) < 4.78 is 11.3. The van der Waals surface area contributed by atoms with E-state index in [0.29, 0.717) is 19.3 Å². The summed E-state index contributed by atoms with van der Waals surface area (Å²) in [5.74, 6) is 1.72. The van der Waals surface area contributed by atoms with Crippen molar-refractivity contribution in [3.63, 3.8) is 0 Å². The topological polar surface area (TPSA) is 46.6 Å². The van der Waals surface area contributed by atoms with Gasteiger partial charge in [-0.2, -0.15) is 0 Å². The third-order valence-electron chi connectivity index (χ3n) is 4.44. The number of fused-ring (bicyclic) bond motifs is 1. The maximum Gasteiger partial charge on any atom is 0.161 e. The normalized spacial score (nSPS) is 21.1. The van der Waals surface area contributed by atoms with Gasteiger partial charge in [-0.05, 0) is 35.4 Å². The van der Waals surface area contributed by atoms with Crippen LogP contribution in [0.3, 0.4) is 0 Å². The Morgan fingerprint density at radius 1 is 1.09 bits per heavy atom. The van der Waals surface area contributed by atoms with Crippen LogP contribution in [0, 0.1) is 0 Å². The van der Waals surface area contributed by atoms with Crippen molar-refractivity contribution in [3.8, 4) is 11.5 Å². The second-order valence-corrected chi connectivity index (χ2v) is 5.95. The number of hydrogen-bond acceptors (Lipinski definition) is 5. The van der Waals surface area contributed by atoms with E-state index in [1.54, 1.807) is 0 Å². The van der Waals surface area contributed by atoms with Crippen LogP contribution in [-0.2, 0) is 6.54 Å². The monoisotopic (exact) mass is 311 g/mol. The first-order valence-electron chi connectivity index (χ1n) is 8.13. The number of hydrogen-bond donors (Lipinski definition) is 1. The standard InChI is InChI=1S/C18H21N3O2/c1-2-17-18(23-10-9-22-17)11-14(1)13-21-8-7-20-12-16(21)15-3-5-19-6-4-15/h1-6,11,16,20H,7-10,12-13H2. The summed E-state index contributed by atoms with van der Waals surface area (Å²) in [6.07, 6.45) is 3.73. The van der Waals surface area contributed by atoms with E-state index >= 15 is 0 Å². The maximum atomic E-state index is 5.70. The van der Waals surface area contributed by atoms with Crippen molar-refractivity contribution in [2.75, 3.05) is 32.8 Å². The lowest BCUT2D eigenvalue weighted by molar-refractivity contribution is 0.152. The molecule has 4 rings (SSSR count). The molecule has 2 aromatic rings. The lowest BCUT2D eigenvalue weighted by atomic mass is 10.0. The third kappa shape index (κ3) is 3.16. The average Bonchev–Trinajstić information content (AvgIpc) is 2.63. The van der Waals surface area contributed by atoms with Crippen molar-refractivity contribution in [1.29, 1.82) is 0 Å². The Balaban J connectivity index is 1.54. The molecule has 0 amide bonds. The number of nitrogens with one attached hydrogen (secondary N) is 1. The Labute approximate surface area is 136 Å². The highest BCUT2D eigenvalue weighted by Gasteiger charge is 2.24. The highest BCUT2D eigenvalue weighted by atomic mass is 16.6. The molecular weight excluding hydrogens is 290 g/mol. The van der Waals surface area contributed by atoms with E-state index in [-0.39, 0.29) is 0 Å². The molecule has 1 fully saturated rings. The van der Waals surface area contributed by atoms with Crippen molar-refractivity contribution in [3.05, 3.63) is 53.9 Å². The van der Waals surface area contributed by atoms with Crippen molar-refractivity contribution >= 4 is 0 Å². The molecule has 0 radical (unpaired) electrons. The molecule has 1 saturated heterocycles. The summed E-state index contributed by atoms with van der Waals surface area (Å²) >= 11 is 0. The Morgan fingerprint density at radius 2 is 1.91 bits per heavy atom. The fraction of sp³-hybridized carbons (Fsp3) is 0.389. The second-order valence-electron chi connectivity index (χ2n) is 5.95. The number of piperazine rings is 1. The first kappa shape index (κ1) is 14.5. The van der Waals surface area contributed by atoms with Gasteiger partial charge in [0.05, 0.1) is 0 Å². The number of nitrogens with zero attached hydrogens (tertiary/aromatic N) is 2.